The molecule has 1 aromatic heterocycles. The monoisotopic (exact) mass is 260 g/mol. The lowest BCUT2D eigenvalue weighted by atomic mass is 9.74. The maximum Gasteiger partial charge on any atom is 0.130 e. The van der Waals surface area contributed by atoms with Crippen LogP contribution in [0.4, 0.5) is 0 Å². The fourth-order valence-corrected chi connectivity index (χ4v) is 2.20. The maximum absolute atomic E-state index is 9.57. The zero-order valence-corrected chi connectivity index (χ0v) is 11.6. The topological polar surface area (TPSA) is 58.3 Å². The molecular weight excluding hydrogens is 240 g/mol. The molecule has 0 saturated carbocycles. The van der Waals surface area contributed by atoms with Crippen molar-refractivity contribution < 1.29 is 10.2 Å². The molecule has 1 heterocycles. The Morgan fingerprint density at radius 1 is 1.35 bits per heavy atom. The molecule has 0 aromatic carbocycles. The van der Waals surface area contributed by atoms with Gasteiger partial charge in [0.2, 0.25) is 0 Å². The Kier molecular flexibility index (Phi) is 4.58. The number of hydrogen-bond acceptors (Lipinski definition) is 3. The third-order valence-electron chi connectivity index (χ3n) is 3.65. The van der Waals surface area contributed by atoms with Crippen molar-refractivity contribution in [1.82, 2.24) is 9.78 Å². The van der Waals surface area contributed by atoms with Crippen LogP contribution in [0, 0.1) is 18.3 Å². The molecule has 17 heavy (non-hydrogen) atoms. The van der Waals surface area contributed by atoms with Gasteiger partial charge in [-0.2, -0.15) is 5.10 Å². The minimum Gasteiger partial charge on any atom is -0.396 e. The van der Waals surface area contributed by atoms with Crippen LogP contribution in [0.1, 0.15) is 25.1 Å². The van der Waals surface area contributed by atoms with Crippen molar-refractivity contribution >= 4 is 11.6 Å². The van der Waals surface area contributed by atoms with E-state index in [0.29, 0.717) is 11.6 Å². The van der Waals surface area contributed by atoms with Crippen molar-refractivity contribution in [2.45, 2.75) is 27.2 Å². The Bertz CT molecular complexity index is 384. The largest absolute Gasteiger partial charge is 0.396 e. The minimum atomic E-state index is -0.544. The van der Waals surface area contributed by atoms with E-state index >= 15 is 0 Å². The van der Waals surface area contributed by atoms with Crippen LogP contribution in [0.25, 0.3) is 0 Å². The van der Waals surface area contributed by atoms with Crippen LogP contribution in [0.5, 0.6) is 0 Å². The molecule has 0 amide bonds. The SMILES string of the molecule is Cc1nn(C)c(Cl)c1CC(CO)(CO)C(C)C. The van der Waals surface area contributed by atoms with Crippen molar-refractivity contribution in [1.29, 1.82) is 0 Å². The predicted molar refractivity (Wildman–Crippen MR) is 68.1 cm³/mol. The highest BCUT2D eigenvalue weighted by molar-refractivity contribution is 6.30. The second kappa shape index (κ2) is 5.38. The smallest absolute Gasteiger partial charge is 0.130 e. The fourth-order valence-electron chi connectivity index (χ4n) is 1.96. The lowest BCUT2D eigenvalue weighted by Crippen LogP contribution is -2.37. The first-order valence-electron chi connectivity index (χ1n) is 5.77. The molecule has 0 aliphatic rings. The Morgan fingerprint density at radius 2 is 1.88 bits per heavy atom. The van der Waals surface area contributed by atoms with Gasteiger partial charge in [-0.15, -0.1) is 0 Å². The number of aryl methyl sites for hydroxylation is 2. The van der Waals surface area contributed by atoms with Crippen LogP contribution in [-0.4, -0.2) is 33.2 Å². The van der Waals surface area contributed by atoms with E-state index in [2.05, 4.69) is 5.10 Å². The van der Waals surface area contributed by atoms with Crippen molar-refractivity contribution in [3.8, 4) is 0 Å². The standard InChI is InChI=1S/C12H21ClN2O2/c1-8(2)12(6-16,7-17)5-10-9(3)14-15(4)11(10)13/h8,16-17H,5-7H2,1-4H3. The maximum atomic E-state index is 9.57. The van der Waals surface area contributed by atoms with Crippen LogP contribution >= 0.6 is 11.6 Å². The number of aromatic nitrogens is 2. The first-order valence-corrected chi connectivity index (χ1v) is 6.15. The number of nitrogens with zero attached hydrogens (tertiary/aromatic N) is 2. The van der Waals surface area contributed by atoms with Gasteiger partial charge >= 0.3 is 0 Å². The van der Waals surface area contributed by atoms with Crippen LogP contribution in [0.3, 0.4) is 0 Å². The van der Waals surface area contributed by atoms with Gasteiger partial charge in [-0.05, 0) is 19.3 Å². The van der Waals surface area contributed by atoms with E-state index in [0.717, 1.165) is 11.3 Å². The summed E-state index contributed by atoms with van der Waals surface area (Å²) in [5, 5.41) is 24.0. The molecule has 0 spiro atoms. The minimum absolute atomic E-state index is 0.0637. The number of halogens is 1. The first-order chi connectivity index (χ1) is 7.88. The van der Waals surface area contributed by atoms with Crippen LogP contribution < -0.4 is 0 Å². The van der Waals surface area contributed by atoms with Crippen molar-refractivity contribution in [2.75, 3.05) is 13.2 Å². The molecule has 0 atom stereocenters. The summed E-state index contributed by atoms with van der Waals surface area (Å²) in [6, 6.07) is 0. The third kappa shape index (κ3) is 2.64. The summed E-state index contributed by atoms with van der Waals surface area (Å²) in [5.74, 6) is 0.160. The average molecular weight is 261 g/mol. The highest BCUT2D eigenvalue weighted by Gasteiger charge is 2.34. The molecule has 0 aliphatic heterocycles. The molecule has 1 rings (SSSR count). The van der Waals surface area contributed by atoms with E-state index in [4.69, 9.17) is 11.6 Å². The molecule has 0 radical (unpaired) electrons. The summed E-state index contributed by atoms with van der Waals surface area (Å²) in [7, 11) is 1.79. The van der Waals surface area contributed by atoms with E-state index in [9.17, 15) is 10.2 Å². The van der Waals surface area contributed by atoms with E-state index in [1.165, 1.54) is 0 Å². The normalized spacial score (nSPS) is 12.5. The highest BCUT2D eigenvalue weighted by Crippen LogP contribution is 2.34. The van der Waals surface area contributed by atoms with Gasteiger partial charge in [0, 0.05) is 18.0 Å². The van der Waals surface area contributed by atoms with Crippen molar-refractivity contribution in [3.05, 3.63) is 16.4 Å². The summed E-state index contributed by atoms with van der Waals surface area (Å²) in [6.45, 7) is 5.75. The number of aliphatic hydroxyl groups excluding tert-OH is 2. The van der Waals surface area contributed by atoms with Gasteiger partial charge in [-0.3, -0.25) is 4.68 Å². The fraction of sp³-hybridized carbons (Fsp3) is 0.750. The lowest BCUT2D eigenvalue weighted by molar-refractivity contribution is 0.0162. The lowest BCUT2D eigenvalue weighted by Gasteiger charge is -2.34. The van der Waals surface area contributed by atoms with Gasteiger partial charge < -0.3 is 10.2 Å². The Labute approximate surface area is 107 Å². The van der Waals surface area contributed by atoms with Gasteiger partial charge in [-0.1, -0.05) is 25.4 Å². The number of rotatable bonds is 5. The summed E-state index contributed by atoms with van der Waals surface area (Å²) >= 11 is 6.18. The molecule has 0 bridgehead atoms. The third-order valence-corrected chi connectivity index (χ3v) is 4.13. The molecule has 0 unspecified atom stereocenters. The molecule has 4 nitrogen and oxygen atoms in total. The predicted octanol–water partition coefficient (Wildman–Crippen LogP) is 1.55. The van der Waals surface area contributed by atoms with Crippen molar-refractivity contribution in [3.63, 3.8) is 0 Å². The summed E-state index contributed by atoms with van der Waals surface area (Å²) in [6.07, 6.45) is 0.538. The quantitative estimate of drug-likeness (QED) is 0.845. The molecule has 5 heteroatoms. The molecule has 0 saturated heterocycles. The van der Waals surface area contributed by atoms with Crippen LogP contribution in [0.2, 0.25) is 5.15 Å². The summed E-state index contributed by atoms with van der Waals surface area (Å²) in [4.78, 5) is 0. The van der Waals surface area contributed by atoms with Crippen molar-refractivity contribution in [2.24, 2.45) is 18.4 Å². The molecule has 2 N–H and O–H groups in total. The Balaban J connectivity index is 3.10. The van der Waals surface area contributed by atoms with E-state index in [1.807, 2.05) is 20.8 Å². The Hall–Kier alpha value is -0.580. The number of hydrogen-bond donors (Lipinski definition) is 2. The first kappa shape index (κ1) is 14.5. The summed E-state index contributed by atoms with van der Waals surface area (Å²) in [5.41, 5.74) is 1.22. The van der Waals surface area contributed by atoms with Gasteiger partial charge in [0.15, 0.2) is 0 Å². The van der Waals surface area contributed by atoms with E-state index < -0.39 is 5.41 Å². The van der Waals surface area contributed by atoms with Gasteiger partial charge in [0.05, 0.1) is 18.9 Å². The molecule has 0 aliphatic carbocycles. The molecular formula is C12H21ClN2O2. The number of aliphatic hydroxyl groups is 2. The summed E-state index contributed by atoms with van der Waals surface area (Å²) < 4.78 is 1.62. The highest BCUT2D eigenvalue weighted by atomic mass is 35.5. The van der Waals surface area contributed by atoms with Crippen LogP contribution in [0.15, 0.2) is 0 Å². The zero-order valence-electron chi connectivity index (χ0n) is 10.9. The second-order valence-corrected chi connectivity index (χ2v) is 5.35. The van der Waals surface area contributed by atoms with Gasteiger partial charge in [0.25, 0.3) is 0 Å². The van der Waals surface area contributed by atoms with Crippen LogP contribution in [-0.2, 0) is 13.5 Å². The van der Waals surface area contributed by atoms with E-state index in [1.54, 1.807) is 11.7 Å². The second-order valence-electron chi connectivity index (χ2n) is 4.99. The molecule has 0 fully saturated rings. The average Bonchev–Trinajstić information content (AvgIpc) is 2.51. The van der Waals surface area contributed by atoms with Gasteiger partial charge in [0.1, 0.15) is 5.15 Å². The van der Waals surface area contributed by atoms with Gasteiger partial charge in [-0.25, -0.2) is 0 Å². The zero-order chi connectivity index (χ0) is 13.2. The molecule has 1 aromatic rings. The molecule has 98 valence electrons. The Morgan fingerprint density at radius 3 is 2.18 bits per heavy atom. The van der Waals surface area contributed by atoms with E-state index in [-0.39, 0.29) is 19.1 Å².